The van der Waals surface area contributed by atoms with Crippen LogP contribution in [0.2, 0.25) is 10.0 Å². The maximum atomic E-state index is 15.5. The number of ether oxygens (including phenoxy) is 3. The predicted octanol–water partition coefficient (Wildman–Crippen LogP) is 6.57. The Hall–Kier alpha value is -4.23. The van der Waals surface area contributed by atoms with E-state index in [0.29, 0.717) is 46.6 Å². The molecule has 0 bridgehead atoms. The normalized spacial score (nSPS) is 22.6. The number of carbonyl (C=O) groups is 1. The van der Waals surface area contributed by atoms with E-state index >= 15 is 4.39 Å². The van der Waals surface area contributed by atoms with E-state index in [1.165, 1.54) is 16.4 Å². The second-order valence-electron chi connectivity index (χ2n) is 13.5. The minimum Gasteiger partial charge on any atom is -0.491 e. The largest absolute Gasteiger partial charge is 0.491 e. The zero-order valence-electron chi connectivity index (χ0n) is 29.2. The summed E-state index contributed by atoms with van der Waals surface area (Å²) in [5.74, 6) is -1.00. The van der Waals surface area contributed by atoms with Gasteiger partial charge in [0.15, 0.2) is 0 Å². The van der Waals surface area contributed by atoms with E-state index in [2.05, 4.69) is 56.3 Å². The van der Waals surface area contributed by atoms with Gasteiger partial charge in [0, 0.05) is 67.1 Å². The first-order valence-electron chi connectivity index (χ1n) is 17.7. The van der Waals surface area contributed by atoms with Crippen molar-refractivity contribution in [1.82, 2.24) is 20.0 Å². The lowest BCUT2D eigenvalue weighted by molar-refractivity contribution is -0.192. The third-order valence-electron chi connectivity index (χ3n) is 9.89. The summed E-state index contributed by atoms with van der Waals surface area (Å²) in [6.45, 7) is 7.50. The number of hydrazone groups is 1. The van der Waals surface area contributed by atoms with Gasteiger partial charge in [-0.3, -0.25) is 4.79 Å². The fourth-order valence-corrected chi connectivity index (χ4v) is 7.45. The molecule has 4 unspecified atom stereocenters. The van der Waals surface area contributed by atoms with Gasteiger partial charge >= 0.3 is 0 Å². The maximum absolute atomic E-state index is 15.5. The SMILES string of the molecule is CCC(C)N1N=CC(Cc2ccc(N3CCN(c4ccc(OCC5COC(Cn6nccn6)(c6ccc(Cl)cc6Cl)O5)cc4F)CC3)cc2)CC1=O. The van der Waals surface area contributed by atoms with Gasteiger partial charge in [0.25, 0.3) is 0 Å². The molecule has 11 nitrogen and oxygen atoms in total. The van der Waals surface area contributed by atoms with Crippen LogP contribution in [0.1, 0.15) is 37.8 Å². The predicted molar refractivity (Wildman–Crippen MR) is 199 cm³/mol. The molecule has 14 heteroatoms. The second-order valence-corrected chi connectivity index (χ2v) is 14.3. The van der Waals surface area contributed by atoms with Gasteiger partial charge in [0.05, 0.1) is 35.8 Å². The lowest BCUT2D eigenvalue weighted by Gasteiger charge is -2.37. The van der Waals surface area contributed by atoms with Crippen LogP contribution in [-0.4, -0.2) is 83.7 Å². The molecule has 4 heterocycles. The summed E-state index contributed by atoms with van der Waals surface area (Å²) in [4.78, 5) is 18.4. The van der Waals surface area contributed by atoms with Crippen LogP contribution in [-0.2, 0) is 33.0 Å². The van der Waals surface area contributed by atoms with Crippen molar-refractivity contribution in [1.29, 1.82) is 0 Å². The van der Waals surface area contributed by atoms with E-state index in [-0.39, 0.29) is 43.4 Å². The monoisotopic (exact) mass is 749 g/mol. The minimum absolute atomic E-state index is 0.0902. The maximum Gasteiger partial charge on any atom is 0.243 e. The number of hydrogen-bond donors (Lipinski definition) is 0. The van der Waals surface area contributed by atoms with E-state index in [4.69, 9.17) is 37.4 Å². The first-order chi connectivity index (χ1) is 25.2. The molecule has 0 radical (unpaired) electrons. The molecule has 3 aromatic carbocycles. The summed E-state index contributed by atoms with van der Waals surface area (Å²) in [5, 5.41) is 15.4. The lowest BCUT2D eigenvalue weighted by Crippen LogP contribution is -2.46. The first-order valence-corrected chi connectivity index (χ1v) is 18.4. The Morgan fingerprint density at radius 1 is 1.00 bits per heavy atom. The molecule has 1 amide bonds. The molecule has 3 aliphatic heterocycles. The van der Waals surface area contributed by atoms with Crippen molar-refractivity contribution in [3.63, 3.8) is 0 Å². The van der Waals surface area contributed by atoms with Crippen molar-refractivity contribution in [3.8, 4) is 5.75 Å². The Morgan fingerprint density at radius 2 is 1.75 bits per heavy atom. The van der Waals surface area contributed by atoms with Gasteiger partial charge in [0.1, 0.15) is 30.8 Å². The molecular formula is C38H42Cl2FN7O4. The molecule has 0 aliphatic carbocycles. The average molecular weight is 751 g/mol. The van der Waals surface area contributed by atoms with Crippen molar-refractivity contribution in [2.45, 2.75) is 57.6 Å². The van der Waals surface area contributed by atoms with E-state index < -0.39 is 11.9 Å². The highest BCUT2D eigenvalue weighted by Gasteiger charge is 2.46. The van der Waals surface area contributed by atoms with Crippen LogP contribution in [0.5, 0.6) is 5.75 Å². The third kappa shape index (κ3) is 8.05. The van der Waals surface area contributed by atoms with Crippen LogP contribution in [0.15, 0.2) is 78.2 Å². The molecule has 52 heavy (non-hydrogen) atoms. The van der Waals surface area contributed by atoms with Crippen LogP contribution < -0.4 is 14.5 Å². The number of anilines is 2. The van der Waals surface area contributed by atoms with Crippen LogP contribution in [0, 0.1) is 11.7 Å². The van der Waals surface area contributed by atoms with Crippen LogP contribution in [0.25, 0.3) is 0 Å². The Balaban J connectivity index is 0.909. The van der Waals surface area contributed by atoms with E-state index in [9.17, 15) is 4.79 Å². The number of hydrogen-bond acceptors (Lipinski definition) is 9. The molecule has 2 fully saturated rings. The fourth-order valence-electron chi connectivity index (χ4n) is 6.90. The summed E-state index contributed by atoms with van der Waals surface area (Å²) in [5.41, 5.74) is 3.45. The highest BCUT2D eigenvalue weighted by Crippen LogP contribution is 2.40. The number of benzene rings is 3. The Kier molecular flexibility index (Phi) is 11.0. The molecule has 1 aromatic heterocycles. The molecular weight excluding hydrogens is 708 g/mol. The van der Waals surface area contributed by atoms with Crippen LogP contribution in [0.3, 0.4) is 0 Å². The zero-order chi connectivity index (χ0) is 36.2. The number of nitrogens with zero attached hydrogens (tertiary/aromatic N) is 7. The quantitative estimate of drug-likeness (QED) is 0.161. The van der Waals surface area contributed by atoms with Gasteiger partial charge in [-0.05, 0) is 61.7 Å². The summed E-state index contributed by atoms with van der Waals surface area (Å²) >= 11 is 12.7. The van der Waals surface area contributed by atoms with Gasteiger partial charge in [0.2, 0.25) is 11.7 Å². The third-order valence-corrected chi connectivity index (χ3v) is 10.4. The van der Waals surface area contributed by atoms with E-state index in [1.54, 1.807) is 47.7 Å². The molecule has 0 saturated carbocycles. The summed E-state index contributed by atoms with van der Waals surface area (Å²) < 4.78 is 34.1. The Bertz CT molecular complexity index is 1870. The van der Waals surface area contributed by atoms with E-state index in [0.717, 1.165) is 31.6 Å². The zero-order valence-corrected chi connectivity index (χ0v) is 30.7. The number of halogens is 3. The molecule has 0 spiro atoms. The fraction of sp³-hybridized carbons (Fsp3) is 0.421. The molecule has 3 aliphatic rings. The summed E-state index contributed by atoms with van der Waals surface area (Å²) in [6, 6.07) is 18.7. The van der Waals surface area contributed by atoms with Gasteiger partial charge in [-0.25, -0.2) is 9.40 Å². The molecule has 2 saturated heterocycles. The molecule has 274 valence electrons. The summed E-state index contributed by atoms with van der Waals surface area (Å²) in [6.07, 6.45) is 6.75. The Labute approximate surface area is 312 Å². The lowest BCUT2D eigenvalue weighted by atomic mass is 9.95. The number of aromatic nitrogens is 3. The van der Waals surface area contributed by atoms with E-state index in [1.807, 2.05) is 13.1 Å². The number of rotatable bonds is 12. The Morgan fingerprint density at radius 3 is 2.44 bits per heavy atom. The highest BCUT2D eigenvalue weighted by molar-refractivity contribution is 6.35. The standard InChI is InChI=1S/C38H42Cl2FN7O4/c1-3-26(2)48-37(49)19-28(22-44-48)18-27-4-7-30(8-5-27)45-14-16-46(17-15-45)36-11-9-31(21-35(36)41)50-23-32-24-51-38(52-32,25-47-42-12-13-43-47)33-10-6-29(39)20-34(33)40/h4-13,20-22,26,28,32H,3,14-19,23-25H2,1-2H3. The van der Waals surface area contributed by atoms with Crippen molar-refractivity contribution in [2.24, 2.45) is 11.0 Å². The highest BCUT2D eigenvalue weighted by atomic mass is 35.5. The van der Waals surface area contributed by atoms with Crippen molar-refractivity contribution in [3.05, 3.63) is 100 Å². The first kappa shape index (κ1) is 36.1. The van der Waals surface area contributed by atoms with Crippen LogP contribution >= 0.6 is 23.2 Å². The van der Waals surface area contributed by atoms with Crippen molar-refractivity contribution < 1.29 is 23.4 Å². The van der Waals surface area contributed by atoms with Crippen molar-refractivity contribution >= 4 is 46.7 Å². The molecule has 0 N–H and O–H groups in total. The van der Waals surface area contributed by atoms with Gasteiger partial charge in [-0.2, -0.15) is 20.1 Å². The van der Waals surface area contributed by atoms with Crippen LogP contribution in [0.4, 0.5) is 15.8 Å². The summed E-state index contributed by atoms with van der Waals surface area (Å²) in [7, 11) is 0. The number of amides is 1. The number of carbonyl (C=O) groups excluding carboxylic acids is 1. The minimum atomic E-state index is -1.25. The average Bonchev–Trinajstić information content (AvgIpc) is 3.81. The molecule has 4 aromatic rings. The van der Waals surface area contributed by atoms with Gasteiger partial charge in [-0.1, -0.05) is 48.3 Å². The van der Waals surface area contributed by atoms with Gasteiger partial charge < -0.3 is 24.0 Å². The van der Waals surface area contributed by atoms with Gasteiger partial charge in [-0.15, -0.1) is 0 Å². The second kappa shape index (κ2) is 15.8. The topological polar surface area (TPSA) is 97.6 Å². The number of piperazine rings is 1. The molecule has 4 atom stereocenters. The van der Waals surface area contributed by atoms with Crippen molar-refractivity contribution in [2.75, 3.05) is 49.2 Å². The molecule has 7 rings (SSSR count). The smallest absolute Gasteiger partial charge is 0.243 e.